The average molecular weight is 362 g/mol. The summed E-state index contributed by atoms with van der Waals surface area (Å²) >= 11 is 0. The minimum Gasteiger partial charge on any atom is -0.366 e. The zero-order chi connectivity index (χ0) is 19.1. The van der Waals surface area contributed by atoms with Gasteiger partial charge < -0.3 is 11.1 Å². The number of alkyl halides is 3. The van der Waals surface area contributed by atoms with Gasteiger partial charge in [-0.25, -0.2) is 9.97 Å². The van der Waals surface area contributed by atoms with Gasteiger partial charge in [-0.15, -0.1) is 0 Å². The molecule has 26 heavy (non-hydrogen) atoms. The lowest BCUT2D eigenvalue weighted by atomic mass is 10.1. The number of ketones is 1. The summed E-state index contributed by atoms with van der Waals surface area (Å²) in [4.78, 5) is 41.2. The molecule has 7 nitrogen and oxygen atoms in total. The molecule has 10 heteroatoms. The second-order valence-electron chi connectivity index (χ2n) is 5.27. The van der Waals surface area contributed by atoms with Crippen LogP contribution in [0.15, 0.2) is 36.5 Å². The molecular formula is C16H9F3N4O3. The normalized spacial score (nSPS) is 12.8. The van der Waals surface area contributed by atoms with Crippen molar-refractivity contribution < 1.29 is 27.6 Å². The van der Waals surface area contributed by atoms with E-state index in [1.54, 1.807) is 0 Å². The van der Waals surface area contributed by atoms with E-state index in [-0.39, 0.29) is 22.5 Å². The summed E-state index contributed by atoms with van der Waals surface area (Å²) < 4.78 is 38.2. The lowest BCUT2D eigenvalue weighted by molar-refractivity contribution is -0.145. The van der Waals surface area contributed by atoms with Crippen LogP contribution in [0, 0.1) is 0 Å². The van der Waals surface area contributed by atoms with Crippen LogP contribution >= 0.6 is 0 Å². The summed E-state index contributed by atoms with van der Waals surface area (Å²) in [5.41, 5.74) is 5.38. The second-order valence-corrected chi connectivity index (χ2v) is 5.27. The van der Waals surface area contributed by atoms with Gasteiger partial charge in [-0.3, -0.25) is 14.4 Å². The van der Waals surface area contributed by atoms with E-state index in [4.69, 9.17) is 5.73 Å². The number of nitrogens with zero attached hydrogens (tertiary/aromatic N) is 2. The van der Waals surface area contributed by atoms with E-state index in [1.807, 2.05) is 0 Å². The highest BCUT2D eigenvalue weighted by Gasteiger charge is 2.38. The van der Waals surface area contributed by atoms with Crippen LogP contribution in [0.2, 0.25) is 0 Å². The molecule has 2 aromatic rings. The maximum absolute atomic E-state index is 12.7. The largest absolute Gasteiger partial charge is 0.451 e. The fourth-order valence-corrected chi connectivity index (χ4v) is 2.40. The summed E-state index contributed by atoms with van der Waals surface area (Å²) in [6, 6.07) is 4.22. The van der Waals surface area contributed by atoms with Crippen molar-refractivity contribution in [2.75, 3.05) is 5.32 Å². The van der Waals surface area contributed by atoms with E-state index in [0.29, 0.717) is 5.56 Å². The quantitative estimate of drug-likeness (QED) is 0.688. The first kappa shape index (κ1) is 17.3. The molecule has 0 radical (unpaired) electrons. The van der Waals surface area contributed by atoms with E-state index < -0.39 is 29.6 Å². The zero-order valence-corrected chi connectivity index (χ0v) is 12.8. The van der Waals surface area contributed by atoms with Crippen molar-refractivity contribution in [1.82, 2.24) is 9.97 Å². The van der Waals surface area contributed by atoms with Crippen LogP contribution in [-0.2, 0) is 15.8 Å². The molecule has 1 heterocycles. The van der Waals surface area contributed by atoms with Crippen molar-refractivity contribution in [3.05, 3.63) is 53.6 Å². The number of aromatic nitrogens is 2. The van der Waals surface area contributed by atoms with Gasteiger partial charge in [0.2, 0.25) is 23.4 Å². The third kappa shape index (κ3) is 3.16. The summed E-state index contributed by atoms with van der Waals surface area (Å²) in [7, 11) is 0. The summed E-state index contributed by atoms with van der Waals surface area (Å²) in [6.07, 6.45) is -2.05. The molecule has 1 aromatic carbocycles. The van der Waals surface area contributed by atoms with Crippen molar-refractivity contribution in [2.24, 2.45) is 5.73 Å². The van der Waals surface area contributed by atoms with Crippen LogP contribution < -0.4 is 11.1 Å². The van der Waals surface area contributed by atoms with Crippen molar-refractivity contribution in [1.29, 1.82) is 0 Å². The van der Waals surface area contributed by atoms with Crippen LogP contribution in [0.5, 0.6) is 0 Å². The minimum absolute atomic E-state index is 0.0882. The molecule has 0 aliphatic heterocycles. The number of nitrogens with one attached hydrogen (secondary N) is 1. The number of hydrogen-bond donors (Lipinski definition) is 2. The lowest BCUT2D eigenvalue weighted by Gasteiger charge is -2.06. The van der Waals surface area contributed by atoms with Crippen molar-refractivity contribution >= 4 is 23.3 Å². The molecule has 132 valence electrons. The molecular weight excluding hydrogens is 353 g/mol. The van der Waals surface area contributed by atoms with Crippen LogP contribution in [0.4, 0.5) is 18.9 Å². The van der Waals surface area contributed by atoms with E-state index in [1.165, 1.54) is 18.2 Å². The van der Waals surface area contributed by atoms with Gasteiger partial charge in [-0.2, -0.15) is 13.2 Å². The number of primary amides is 1. The second kappa shape index (κ2) is 6.06. The fourth-order valence-electron chi connectivity index (χ4n) is 2.40. The number of amides is 2. The summed E-state index contributed by atoms with van der Waals surface area (Å²) in [6.45, 7) is 0. The van der Waals surface area contributed by atoms with Gasteiger partial charge in [-0.05, 0) is 17.7 Å². The molecule has 3 N–H and O–H groups in total. The Kier molecular flexibility index (Phi) is 4.03. The number of rotatable bonds is 3. The van der Waals surface area contributed by atoms with Crippen LogP contribution in [-0.4, -0.2) is 27.6 Å². The lowest BCUT2D eigenvalue weighted by Crippen LogP contribution is -2.13. The van der Waals surface area contributed by atoms with Crippen LogP contribution in [0.3, 0.4) is 0 Å². The van der Waals surface area contributed by atoms with Gasteiger partial charge >= 0.3 is 6.18 Å². The third-order valence-corrected chi connectivity index (χ3v) is 3.48. The number of halogens is 3. The van der Waals surface area contributed by atoms with Gasteiger partial charge in [0.15, 0.2) is 0 Å². The molecule has 0 bridgehead atoms. The van der Waals surface area contributed by atoms with Crippen molar-refractivity contribution in [3.8, 4) is 11.1 Å². The Morgan fingerprint density at radius 2 is 1.85 bits per heavy atom. The smallest absolute Gasteiger partial charge is 0.366 e. The molecule has 1 aliphatic carbocycles. The Morgan fingerprint density at radius 1 is 1.12 bits per heavy atom. The molecule has 0 saturated carbocycles. The van der Waals surface area contributed by atoms with Gasteiger partial charge in [0.25, 0.3) is 0 Å². The topological polar surface area (TPSA) is 115 Å². The van der Waals surface area contributed by atoms with E-state index in [0.717, 1.165) is 18.3 Å². The number of carbonyl (C=O) groups excluding carboxylic acids is 3. The highest BCUT2D eigenvalue weighted by atomic mass is 19.4. The standard InChI is InChI=1S/C16H9F3N4O3/c17-16(18,19)15-21-6-10-8-2-1-7(22-12(25)4-3-11(20)24)5-9(8)14(26)13(10)23-15/h1-6H,(H2,20,24)(H,22,25)/b4-3-. The van der Waals surface area contributed by atoms with E-state index in [2.05, 4.69) is 15.3 Å². The zero-order valence-electron chi connectivity index (χ0n) is 12.8. The maximum Gasteiger partial charge on any atom is 0.451 e. The molecule has 0 fully saturated rings. The number of anilines is 1. The predicted octanol–water partition coefficient (Wildman–Crippen LogP) is 1.69. The minimum atomic E-state index is -4.77. The molecule has 0 atom stereocenters. The Balaban J connectivity index is 1.92. The van der Waals surface area contributed by atoms with Gasteiger partial charge in [0.1, 0.15) is 5.69 Å². The molecule has 1 aliphatic rings. The highest BCUT2D eigenvalue weighted by molar-refractivity contribution is 6.21. The molecule has 3 rings (SSSR count). The van der Waals surface area contributed by atoms with Crippen LogP contribution in [0.1, 0.15) is 21.9 Å². The number of carbonyl (C=O) groups is 3. The monoisotopic (exact) mass is 362 g/mol. The summed E-state index contributed by atoms with van der Waals surface area (Å²) in [5, 5.41) is 2.41. The SMILES string of the molecule is NC(=O)/C=C\C(=O)Nc1ccc2c(c1)C(=O)c1nc(C(F)(F)F)ncc1-2. The number of nitrogens with two attached hydrogens (primary N) is 1. The Morgan fingerprint density at radius 3 is 2.50 bits per heavy atom. The Bertz CT molecular complexity index is 983. The molecule has 0 spiro atoms. The first-order valence-corrected chi connectivity index (χ1v) is 7.08. The first-order valence-electron chi connectivity index (χ1n) is 7.08. The van der Waals surface area contributed by atoms with Crippen molar-refractivity contribution in [3.63, 3.8) is 0 Å². The predicted molar refractivity (Wildman–Crippen MR) is 82.9 cm³/mol. The fraction of sp³-hybridized carbons (Fsp3) is 0.0625. The number of benzene rings is 1. The first-order chi connectivity index (χ1) is 12.2. The Hall–Kier alpha value is -3.56. The number of fused-ring (bicyclic) bond motifs is 3. The van der Waals surface area contributed by atoms with E-state index >= 15 is 0 Å². The molecule has 2 amide bonds. The maximum atomic E-state index is 12.7. The van der Waals surface area contributed by atoms with Gasteiger partial charge in [0.05, 0.1) is 0 Å². The highest BCUT2D eigenvalue weighted by Crippen LogP contribution is 2.38. The van der Waals surface area contributed by atoms with Gasteiger partial charge in [-0.1, -0.05) is 6.07 Å². The average Bonchev–Trinajstić information content (AvgIpc) is 2.84. The third-order valence-electron chi connectivity index (χ3n) is 3.48. The van der Waals surface area contributed by atoms with Crippen molar-refractivity contribution in [2.45, 2.75) is 6.18 Å². The van der Waals surface area contributed by atoms with Gasteiger partial charge in [0, 0.05) is 35.2 Å². The molecule has 0 unspecified atom stereocenters. The molecule has 1 aromatic heterocycles. The molecule has 0 saturated heterocycles. The van der Waals surface area contributed by atoms with Crippen LogP contribution in [0.25, 0.3) is 11.1 Å². The Labute approximate surface area is 143 Å². The number of hydrogen-bond acceptors (Lipinski definition) is 5. The summed E-state index contributed by atoms with van der Waals surface area (Å²) in [5.74, 6) is -3.57. The van der Waals surface area contributed by atoms with E-state index in [9.17, 15) is 27.6 Å².